The molecule has 0 saturated carbocycles. The molecule has 0 spiro atoms. The molecule has 6 heteroatoms. The smallest absolute Gasteiger partial charge is 0.225 e. The fourth-order valence-electron chi connectivity index (χ4n) is 3.56. The number of amides is 1. The van der Waals surface area contributed by atoms with Gasteiger partial charge in [-0.15, -0.1) is 0 Å². The molecule has 1 atom stereocenters. The lowest BCUT2D eigenvalue weighted by atomic mass is 10.0. The normalized spacial score (nSPS) is 16.9. The molecule has 144 valence electrons. The molecule has 1 heterocycles. The molecule has 0 aliphatic carbocycles. The van der Waals surface area contributed by atoms with Crippen LogP contribution in [-0.4, -0.2) is 38.1 Å². The first-order valence-electron chi connectivity index (χ1n) is 9.12. The molecule has 1 unspecified atom stereocenters. The van der Waals surface area contributed by atoms with E-state index in [9.17, 15) is 4.79 Å². The lowest BCUT2D eigenvalue weighted by molar-refractivity contribution is -0.116. The lowest BCUT2D eigenvalue weighted by Gasteiger charge is -2.25. The van der Waals surface area contributed by atoms with Crippen molar-refractivity contribution in [1.82, 2.24) is 4.90 Å². The quantitative estimate of drug-likeness (QED) is 0.757. The second kappa shape index (κ2) is 9.11. The fraction of sp³-hybridized carbons (Fsp3) is 0.381. The van der Waals surface area contributed by atoms with E-state index in [4.69, 9.17) is 21.1 Å². The van der Waals surface area contributed by atoms with Gasteiger partial charge < -0.3 is 14.8 Å². The summed E-state index contributed by atoms with van der Waals surface area (Å²) >= 11 is 6.02. The number of anilines is 1. The number of carbonyl (C=O) groups is 1. The number of hydrogen-bond donors (Lipinski definition) is 1. The Bertz CT molecular complexity index is 797. The van der Waals surface area contributed by atoms with Crippen molar-refractivity contribution in [1.29, 1.82) is 0 Å². The van der Waals surface area contributed by atoms with E-state index in [1.54, 1.807) is 32.4 Å². The number of nitrogens with zero attached hydrogens (tertiary/aromatic N) is 1. The second-order valence-corrected chi connectivity index (χ2v) is 7.05. The predicted octanol–water partition coefficient (Wildman–Crippen LogP) is 4.52. The van der Waals surface area contributed by atoms with Gasteiger partial charge in [0.25, 0.3) is 0 Å². The number of methoxy groups -OCH3 is 2. The molecular formula is C21H25ClN2O3. The van der Waals surface area contributed by atoms with Crippen LogP contribution in [0.1, 0.15) is 30.9 Å². The third kappa shape index (κ3) is 4.93. The van der Waals surface area contributed by atoms with Crippen molar-refractivity contribution >= 4 is 23.2 Å². The molecule has 1 aliphatic rings. The summed E-state index contributed by atoms with van der Waals surface area (Å²) in [5, 5.41) is 3.46. The Labute approximate surface area is 165 Å². The van der Waals surface area contributed by atoms with E-state index in [1.807, 2.05) is 12.1 Å². The van der Waals surface area contributed by atoms with Crippen LogP contribution in [0.25, 0.3) is 0 Å². The minimum absolute atomic E-state index is 0.0492. The number of carbonyl (C=O) groups excluding carboxylic acids is 1. The number of nitrogens with one attached hydrogen (secondary N) is 1. The minimum atomic E-state index is -0.0492. The van der Waals surface area contributed by atoms with E-state index >= 15 is 0 Å². The molecule has 5 nitrogen and oxygen atoms in total. The Morgan fingerprint density at radius 1 is 1.22 bits per heavy atom. The van der Waals surface area contributed by atoms with Crippen molar-refractivity contribution in [3.63, 3.8) is 0 Å². The molecule has 1 saturated heterocycles. The first-order valence-corrected chi connectivity index (χ1v) is 9.50. The van der Waals surface area contributed by atoms with Gasteiger partial charge in [0.2, 0.25) is 5.91 Å². The molecule has 1 amide bonds. The molecule has 2 aromatic rings. The van der Waals surface area contributed by atoms with Crippen LogP contribution < -0.4 is 14.8 Å². The highest BCUT2D eigenvalue weighted by molar-refractivity contribution is 6.31. The molecular weight excluding hydrogens is 364 g/mol. The molecule has 1 aliphatic heterocycles. The van der Waals surface area contributed by atoms with Gasteiger partial charge in [0.1, 0.15) is 11.5 Å². The number of benzene rings is 2. The summed E-state index contributed by atoms with van der Waals surface area (Å²) < 4.78 is 10.6. The molecule has 3 rings (SSSR count). The van der Waals surface area contributed by atoms with E-state index < -0.39 is 0 Å². The van der Waals surface area contributed by atoms with Crippen molar-refractivity contribution in [3.05, 3.63) is 53.1 Å². The van der Waals surface area contributed by atoms with E-state index in [0.29, 0.717) is 35.5 Å². The maximum atomic E-state index is 12.4. The summed E-state index contributed by atoms with van der Waals surface area (Å²) in [4.78, 5) is 14.8. The van der Waals surface area contributed by atoms with Gasteiger partial charge in [-0.1, -0.05) is 23.7 Å². The molecule has 0 bridgehead atoms. The highest BCUT2D eigenvalue weighted by atomic mass is 35.5. The van der Waals surface area contributed by atoms with Gasteiger partial charge in [0.15, 0.2) is 0 Å². The monoisotopic (exact) mass is 388 g/mol. The van der Waals surface area contributed by atoms with E-state index in [-0.39, 0.29) is 5.91 Å². The minimum Gasteiger partial charge on any atom is -0.497 e. The molecule has 1 N–H and O–H groups in total. The average Bonchev–Trinajstić information content (AvgIpc) is 3.15. The maximum absolute atomic E-state index is 12.4. The Morgan fingerprint density at radius 2 is 2.07 bits per heavy atom. The Morgan fingerprint density at radius 3 is 2.85 bits per heavy atom. The van der Waals surface area contributed by atoms with Gasteiger partial charge in [-0.3, -0.25) is 9.69 Å². The molecule has 1 fully saturated rings. The largest absolute Gasteiger partial charge is 0.497 e. The Kier molecular flexibility index (Phi) is 6.58. The van der Waals surface area contributed by atoms with Crippen LogP contribution in [0.2, 0.25) is 5.02 Å². The summed E-state index contributed by atoms with van der Waals surface area (Å²) in [6, 6.07) is 13.7. The Hall–Kier alpha value is -2.24. The van der Waals surface area contributed by atoms with Gasteiger partial charge in [0.05, 0.1) is 19.9 Å². The molecule has 2 aromatic carbocycles. The van der Waals surface area contributed by atoms with Crippen molar-refractivity contribution in [2.24, 2.45) is 0 Å². The SMILES string of the molecule is COc1cccc(C2CCCN2CCC(=O)Nc2cc(Cl)ccc2OC)c1. The summed E-state index contributed by atoms with van der Waals surface area (Å²) in [7, 11) is 3.25. The van der Waals surface area contributed by atoms with Gasteiger partial charge in [-0.05, 0) is 55.3 Å². The number of ether oxygens (including phenoxy) is 2. The van der Waals surface area contributed by atoms with Gasteiger partial charge in [-0.2, -0.15) is 0 Å². The summed E-state index contributed by atoms with van der Waals surface area (Å²) in [6.45, 7) is 1.70. The number of likely N-dealkylation sites (tertiary alicyclic amines) is 1. The predicted molar refractivity (Wildman–Crippen MR) is 108 cm³/mol. The van der Waals surface area contributed by atoms with Crippen LogP contribution in [0.15, 0.2) is 42.5 Å². The zero-order chi connectivity index (χ0) is 19.2. The highest BCUT2D eigenvalue weighted by Crippen LogP contribution is 2.33. The highest BCUT2D eigenvalue weighted by Gasteiger charge is 2.26. The van der Waals surface area contributed by atoms with Gasteiger partial charge in [0, 0.05) is 24.0 Å². The van der Waals surface area contributed by atoms with Crippen LogP contribution in [-0.2, 0) is 4.79 Å². The van der Waals surface area contributed by atoms with Crippen LogP contribution >= 0.6 is 11.6 Å². The van der Waals surface area contributed by atoms with Crippen molar-refractivity contribution in [2.75, 3.05) is 32.6 Å². The van der Waals surface area contributed by atoms with Crippen molar-refractivity contribution in [2.45, 2.75) is 25.3 Å². The average molecular weight is 389 g/mol. The van der Waals surface area contributed by atoms with Gasteiger partial charge in [-0.25, -0.2) is 0 Å². The first kappa shape index (κ1) is 19.5. The fourth-order valence-corrected chi connectivity index (χ4v) is 3.73. The number of hydrogen-bond acceptors (Lipinski definition) is 4. The topological polar surface area (TPSA) is 50.8 Å². The summed E-state index contributed by atoms with van der Waals surface area (Å²) in [5.74, 6) is 1.42. The van der Waals surface area contributed by atoms with E-state index in [1.165, 1.54) is 5.56 Å². The zero-order valence-electron chi connectivity index (χ0n) is 15.7. The van der Waals surface area contributed by atoms with E-state index in [2.05, 4.69) is 22.3 Å². The van der Waals surface area contributed by atoms with Crippen molar-refractivity contribution < 1.29 is 14.3 Å². The van der Waals surface area contributed by atoms with Gasteiger partial charge >= 0.3 is 0 Å². The van der Waals surface area contributed by atoms with E-state index in [0.717, 1.165) is 25.1 Å². The Balaban J connectivity index is 1.60. The second-order valence-electron chi connectivity index (χ2n) is 6.61. The van der Waals surface area contributed by atoms with Crippen LogP contribution in [0.3, 0.4) is 0 Å². The van der Waals surface area contributed by atoms with Crippen LogP contribution in [0, 0.1) is 0 Å². The third-order valence-corrected chi connectivity index (χ3v) is 5.14. The zero-order valence-corrected chi connectivity index (χ0v) is 16.5. The molecule has 0 aromatic heterocycles. The maximum Gasteiger partial charge on any atom is 0.225 e. The summed E-state index contributed by atoms with van der Waals surface area (Å²) in [5.41, 5.74) is 1.84. The third-order valence-electron chi connectivity index (χ3n) is 4.90. The number of halogens is 1. The van der Waals surface area contributed by atoms with Crippen LogP contribution in [0.5, 0.6) is 11.5 Å². The van der Waals surface area contributed by atoms with Crippen LogP contribution in [0.4, 0.5) is 5.69 Å². The molecule has 27 heavy (non-hydrogen) atoms. The van der Waals surface area contributed by atoms with Crippen molar-refractivity contribution in [3.8, 4) is 11.5 Å². The standard InChI is InChI=1S/C21H25ClN2O3/c1-26-17-6-3-5-15(13-17)19-7-4-11-24(19)12-10-21(25)23-18-14-16(22)8-9-20(18)27-2/h3,5-6,8-9,13-14,19H,4,7,10-12H2,1-2H3,(H,23,25). The molecule has 0 radical (unpaired) electrons. The number of rotatable bonds is 7. The first-order chi connectivity index (χ1) is 13.1. The summed E-state index contributed by atoms with van der Waals surface area (Å²) in [6.07, 6.45) is 2.64. The lowest BCUT2D eigenvalue weighted by Crippen LogP contribution is -2.27.